The van der Waals surface area contributed by atoms with Gasteiger partial charge < -0.3 is 19.7 Å². The van der Waals surface area contributed by atoms with E-state index in [1.807, 2.05) is 24.3 Å². The van der Waals surface area contributed by atoms with Crippen molar-refractivity contribution in [1.82, 2.24) is 4.31 Å². The van der Waals surface area contributed by atoms with Crippen LogP contribution in [0.5, 0.6) is 5.75 Å². The third-order valence-electron chi connectivity index (χ3n) is 5.44. The monoisotopic (exact) mass is 473 g/mol. The summed E-state index contributed by atoms with van der Waals surface area (Å²) in [5.41, 5.74) is 2.03. The maximum absolute atomic E-state index is 13.0. The van der Waals surface area contributed by atoms with Crippen LogP contribution in [-0.4, -0.2) is 65.1 Å². The number of ether oxygens (including phenoxy) is 2. The molecular formula is C24H31N3O5S. The van der Waals surface area contributed by atoms with Crippen molar-refractivity contribution in [3.8, 4) is 5.75 Å². The molecule has 0 aromatic heterocycles. The number of anilines is 2. The lowest BCUT2D eigenvalue weighted by atomic mass is 10.2. The summed E-state index contributed by atoms with van der Waals surface area (Å²) >= 11 is 0. The molecule has 178 valence electrons. The Morgan fingerprint density at radius 1 is 1.15 bits per heavy atom. The standard InChI is InChI=1S/C24H31N3O5S/c1-4-27(5-2)33(29,30)21-10-11-23(26-13-15-32-16-14-26)22(18-21)25-24(28)12-9-19-7-6-8-20(17-19)31-3/h6-12,17-18H,4-5,13-16H2,1-3H3,(H,25,28)/b12-9+. The van der Waals surface area contributed by atoms with Crippen LogP contribution in [0.3, 0.4) is 0 Å². The fourth-order valence-electron chi connectivity index (χ4n) is 3.66. The number of carbonyl (C=O) groups is 1. The Labute approximate surface area is 195 Å². The number of morpholine rings is 1. The number of amides is 1. The molecule has 9 heteroatoms. The zero-order valence-corrected chi connectivity index (χ0v) is 20.1. The highest BCUT2D eigenvalue weighted by Crippen LogP contribution is 2.31. The summed E-state index contributed by atoms with van der Waals surface area (Å²) < 4.78 is 38.1. The SMILES string of the molecule is CCN(CC)S(=O)(=O)c1ccc(N2CCOCC2)c(NC(=O)/C=C/c2cccc(OC)c2)c1. The number of rotatable bonds is 9. The quantitative estimate of drug-likeness (QED) is 0.563. The van der Waals surface area contributed by atoms with E-state index < -0.39 is 10.0 Å². The zero-order valence-electron chi connectivity index (χ0n) is 19.3. The Kier molecular flexibility index (Phi) is 8.49. The first-order chi connectivity index (χ1) is 15.9. The van der Waals surface area contributed by atoms with E-state index in [0.29, 0.717) is 50.8 Å². The van der Waals surface area contributed by atoms with Crippen molar-refractivity contribution in [3.63, 3.8) is 0 Å². The maximum atomic E-state index is 13.0. The molecule has 1 fully saturated rings. The largest absolute Gasteiger partial charge is 0.497 e. The van der Waals surface area contributed by atoms with Gasteiger partial charge >= 0.3 is 0 Å². The smallest absolute Gasteiger partial charge is 0.248 e. The number of methoxy groups -OCH3 is 1. The average molecular weight is 474 g/mol. The molecule has 1 aliphatic rings. The second-order valence-electron chi connectivity index (χ2n) is 7.47. The molecule has 2 aromatic carbocycles. The van der Waals surface area contributed by atoms with E-state index in [1.165, 1.54) is 16.4 Å². The lowest BCUT2D eigenvalue weighted by Gasteiger charge is -2.31. The van der Waals surface area contributed by atoms with E-state index >= 15 is 0 Å². The molecule has 0 spiro atoms. The molecule has 2 aromatic rings. The van der Waals surface area contributed by atoms with Crippen molar-refractivity contribution in [2.24, 2.45) is 0 Å². The number of benzene rings is 2. The topological polar surface area (TPSA) is 88.2 Å². The van der Waals surface area contributed by atoms with Gasteiger partial charge in [0.25, 0.3) is 0 Å². The van der Waals surface area contributed by atoms with Gasteiger partial charge in [0.15, 0.2) is 0 Å². The second kappa shape index (κ2) is 11.3. The van der Waals surface area contributed by atoms with Crippen LogP contribution >= 0.6 is 0 Å². The Hall–Kier alpha value is -2.88. The summed E-state index contributed by atoms with van der Waals surface area (Å²) in [6.07, 6.45) is 3.10. The van der Waals surface area contributed by atoms with Gasteiger partial charge in [0, 0.05) is 32.3 Å². The van der Waals surface area contributed by atoms with Gasteiger partial charge in [-0.3, -0.25) is 4.79 Å². The summed E-state index contributed by atoms with van der Waals surface area (Å²) in [6, 6.07) is 12.2. The van der Waals surface area contributed by atoms with E-state index in [2.05, 4.69) is 10.2 Å². The van der Waals surface area contributed by atoms with Crippen LogP contribution in [0.2, 0.25) is 0 Å². The molecule has 1 aliphatic heterocycles. The molecule has 3 rings (SSSR count). The number of nitrogens with zero attached hydrogens (tertiary/aromatic N) is 2. The minimum absolute atomic E-state index is 0.148. The number of sulfonamides is 1. The predicted octanol–water partition coefficient (Wildman–Crippen LogP) is 3.21. The highest BCUT2D eigenvalue weighted by molar-refractivity contribution is 7.89. The molecule has 0 atom stereocenters. The first kappa shape index (κ1) is 24.8. The van der Waals surface area contributed by atoms with Gasteiger partial charge in [0.1, 0.15) is 5.75 Å². The molecule has 8 nitrogen and oxygen atoms in total. The molecule has 0 radical (unpaired) electrons. The normalized spacial score (nSPS) is 14.6. The van der Waals surface area contributed by atoms with Crippen molar-refractivity contribution >= 4 is 33.4 Å². The highest BCUT2D eigenvalue weighted by Gasteiger charge is 2.24. The molecule has 0 unspecified atom stereocenters. The molecule has 33 heavy (non-hydrogen) atoms. The fourth-order valence-corrected chi connectivity index (χ4v) is 5.14. The second-order valence-corrected chi connectivity index (χ2v) is 9.40. The van der Waals surface area contributed by atoms with Gasteiger partial charge in [-0.25, -0.2) is 8.42 Å². The van der Waals surface area contributed by atoms with Gasteiger partial charge in [0.2, 0.25) is 15.9 Å². The number of hydrogen-bond acceptors (Lipinski definition) is 6. The van der Waals surface area contributed by atoms with Crippen LogP contribution in [0.4, 0.5) is 11.4 Å². The highest BCUT2D eigenvalue weighted by atomic mass is 32.2. The van der Waals surface area contributed by atoms with Crippen molar-refractivity contribution in [1.29, 1.82) is 0 Å². The van der Waals surface area contributed by atoms with Crippen LogP contribution in [0.15, 0.2) is 53.4 Å². The zero-order chi connectivity index (χ0) is 23.8. The molecule has 0 aliphatic carbocycles. The lowest BCUT2D eigenvalue weighted by molar-refractivity contribution is -0.111. The van der Waals surface area contributed by atoms with Crippen molar-refractivity contribution in [2.45, 2.75) is 18.7 Å². The van der Waals surface area contributed by atoms with Crippen LogP contribution in [-0.2, 0) is 19.6 Å². The predicted molar refractivity (Wildman–Crippen MR) is 130 cm³/mol. The molecule has 0 bridgehead atoms. The van der Waals surface area contributed by atoms with Gasteiger partial charge in [-0.1, -0.05) is 26.0 Å². The van der Waals surface area contributed by atoms with E-state index in [9.17, 15) is 13.2 Å². The van der Waals surface area contributed by atoms with E-state index in [1.54, 1.807) is 39.2 Å². The summed E-state index contributed by atoms with van der Waals surface area (Å²) in [5, 5.41) is 2.87. The third kappa shape index (κ3) is 6.13. The first-order valence-corrected chi connectivity index (χ1v) is 12.4. The number of nitrogens with one attached hydrogen (secondary N) is 1. The first-order valence-electron chi connectivity index (χ1n) is 11.0. The van der Waals surface area contributed by atoms with Crippen LogP contribution in [0.1, 0.15) is 19.4 Å². The molecule has 0 saturated carbocycles. The number of carbonyl (C=O) groups excluding carboxylic acids is 1. The van der Waals surface area contributed by atoms with E-state index in [0.717, 1.165) is 11.3 Å². The Bertz CT molecular complexity index is 1090. The summed E-state index contributed by atoms with van der Waals surface area (Å²) in [5.74, 6) is 0.339. The molecular weight excluding hydrogens is 442 g/mol. The summed E-state index contributed by atoms with van der Waals surface area (Å²) in [6.45, 7) is 6.80. The van der Waals surface area contributed by atoms with E-state index in [-0.39, 0.29) is 10.8 Å². The molecule has 1 heterocycles. The van der Waals surface area contributed by atoms with E-state index in [4.69, 9.17) is 9.47 Å². The molecule has 1 saturated heterocycles. The minimum atomic E-state index is -3.66. The van der Waals surface area contributed by atoms with Gasteiger partial charge in [0.05, 0.1) is 36.6 Å². The maximum Gasteiger partial charge on any atom is 0.248 e. The summed E-state index contributed by atoms with van der Waals surface area (Å²) in [4.78, 5) is 15.0. The van der Waals surface area contributed by atoms with Crippen LogP contribution in [0, 0.1) is 0 Å². The van der Waals surface area contributed by atoms with Crippen molar-refractivity contribution < 1.29 is 22.7 Å². The Balaban J connectivity index is 1.91. The Morgan fingerprint density at radius 3 is 2.55 bits per heavy atom. The third-order valence-corrected chi connectivity index (χ3v) is 7.49. The van der Waals surface area contributed by atoms with Crippen LogP contribution < -0.4 is 15.0 Å². The van der Waals surface area contributed by atoms with Gasteiger partial charge in [-0.05, 0) is 42.0 Å². The van der Waals surface area contributed by atoms with Gasteiger partial charge in [-0.15, -0.1) is 0 Å². The number of hydrogen-bond donors (Lipinski definition) is 1. The lowest BCUT2D eigenvalue weighted by Crippen LogP contribution is -2.37. The van der Waals surface area contributed by atoms with Crippen molar-refractivity contribution in [3.05, 3.63) is 54.1 Å². The fraction of sp³-hybridized carbons (Fsp3) is 0.375. The van der Waals surface area contributed by atoms with Gasteiger partial charge in [-0.2, -0.15) is 4.31 Å². The molecule has 1 N–H and O–H groups in total. The van der Waals surface area contributed by atoms with Crippen molar-refractivity contribution in [2.75, 3.05) is 56.7 Å². The Morgan fingerprint density at radius 2 is 1.88 bits per heavy atom. The minimum Gasteiger partial charge on any atom is -0.497 e. The van der Waals surface area contributed by atoms with Crippen LogP contribution in [0.25, 0.3) is 6.08 Å². The summed E-state index contributed by atoms with van der Waals surface area (Å²) in [7, 11) is -2.08. The molecule has 1 amide bonds. The average Bonchev–Trinajstić information content (AvgIpc) is 2.84.